The molecule has 1 unspecified atom stereocenters. The van der Waals surface area contributed by atoms with E-state index in [9.17, 15) is 4.79 Å². The number of amides is 1. The highest BCUT2D eigenvalue weighted by molar-refractivity contribution is 5.78. The predicted octanol–water partition coefficient (Wildman–Crippen LogP) is 2.27. The van der Waals surface area contributed by atoms with Crippen LogP contribution in [0, 0.1) is 0 Å². The van der Waals surface area contributed by atoms with Crippen LogP contribution in [-0.2, 0) is 9.53 Å². The number of hydrogen-bond donors (Lipinski definition) is 0. The molecule has 0 aliphatic carbocycles. The molecule has 1 spiro atoms. The van der Waals surface area contributed by atoms with Gasteiger partial charge in [0.1, 0.15) is 6.10 Å². The van der Waals surface area contributed by atoms with E-state index in [0.717, 1.165) is 51.9 Å². The minimum absolute atomic E-state index is 0.0792. The van der Waals surface area contributed by atoms with E-state index < -0.39 is 0 Å². The quantitative estimate of drug-likeness (QED) is 0.788. The Balaban J connectivity index is 1.27. The van der Waals surface area contributed by atoms with Crippen molar-refractivity contribution in [1.29, 1.82) is 0 Å². The van der Waals surface area contributed by atoms with Crippen molar-refractivity contribution in [2.45, 2.75) is 63.1 Å². The van der Waals surface area contributed by atoms with Gasteiger partial charge in [-0.25, -0.2) is 9.97 Å². The first-order valence-electron chi connectivity index (χ1n) is 10.8. The van der Waals surface area contributed by atoms with Gasteiger partial charge in [-0.2, -0.15) is 0 Å². The largest absolute Gasteiger partial charge is 0.460 e. The van der Waals surface area contributed by atoms with Crippen molar-refractivity contribution in [2.24, 2.45) is 0 Å². The second kappa shape index (κ2) is 9.18. The molecule has 154 valence electrons. The summed E-state index contributed by atoms with van der Waals surface area (Å²) in [6.07, 6.45) is 12.0. The lowest BCUT2D eigenvalue weighted by Crippen LogP contribution is -2.53. The first-order valence-corrected chi connectivity index (χ1v) is 10.8. The Morgan fingerprint density at radius 1 is 1.11 bits per heavy atom. The van der Waals surface area contributed by atoms with Crippen molar-refractivity contribution in [3.8, 4) is 6.01 Å². The van der Waals surface area contributed by atoms with E-state index in [0.29, 0.717) is 19.2 Å². The second-order valence-corrected chi connectivity index (χ2v) is 8.37. The SMILES string of the molecule is O=C(CN1CCCCCC1)N1CCC2(CC1)CC(Oc1ncccn1)CCO2. The van der Waals surface area contributed by atoms with E-state index in [1.54, 1.807) is 18.5 Å². The van der Waals surface area contributed by atoms with Gasteiger partial charge in [0.25, 0.3) is 0 Å². The molecule has 1 atom stereocenters. The number of nitrogens with zero attached hydrogens (tertiary/aromatic N) is 4. The number of carbonyl (C=O) groups is 1. The van der Waals surface area contributed by atoms with E-state index in [1.807, 2.05) is 4.90 Å². The maximum absolute atomic E-state index is 12.8. The Kier molecular flexibility index (Phi) is 6.42. The highest BCUT2D eigenvalue weighted by Gasteiger charge is 2.42. The average molecular weight is 389 g/mol. The van der Waals surface area contributed by atoms with E-state index in [-0.39, 0.29) is 17.6 Å². The van der Waals surface area contributed by atoms with Crippen LogP contribution in [0.2, 0.25) is 0 Å². The zero-order chi connectivity index (χ0) is 19.2. The van der Waals surface area contributed by atoms with Crippen LogP contribution in [-0.4, -0.2) is 76.7 Å². The number of aromatic nitrogens is 2. The molecule has 0 bridgehead atoms. The normalized spacial score (nSPS) is 26.0. The van der Waals surface area contributed by atoms with E-state index >= 15 is 0 Å². The summed E-state index contributed by atoms with van der Waals surface area (Å²) in [4.78, 5) is 25.5. The molecule has 3 fully saturated rings. The maximum Gasteiger partial charge on any atom is 0.316 e. The van der Waals surface area contributed by atoms with Gasteiger partial charge in [0.05, 0.1) is 18.8 Å². The van der Waals surface area contributed by atoms with Crippen molar-refractivity contribution in [2.75, 3.05) is 39.3 Å². The standard InChI is InChI=1S/C21H32N4O3/c26-19(17-24-11-3-1-2-4-12-24)25-13-7-21(8-14-25)16-18(6-15-27-21)28-20-22-9-5-10-23-20/h5,9-10,18H,1-4,6-8,11-17H2. The third kappa shape index (κ3) is 5.00. The van der Waals surface area contributed by atoms with Crippen LogP contribution in [0.15, 0.2) is 18.5 Å². The molecular formula is C21H32N4O3. The lowest BCUT2D eigenvalue weighted by atomic mass is 9.83. The number of piperidine rings is 1. The van der Waals surface area contributed by atoms with Crippen molar-refractivity contribution in [3.05, 3.63) is 18.5 Å². The third-order valence-electron chi connectivity index (χ3n) is 6.35. The lowest BCUT2D eigenvalue weighted by Gasteiger charge is -2.46. The van der Waals surface area contributed by atoms with Gasteiger partial charge in [-0.1, -0.05) is 12.8 Å². The van der Waals surface area contributed by atoms with Gasteiger partial charge in [0, 0.05) is 38.3 Å². The van der Waals surface area contributed by atoms with Crippen molar-refractivity contribution >= 4 is 5.91 Å². The zero-order valence-corrected chi connectivity index (χ0v) is 16.7. The van der Waals surface area contributed by atoms with Crippen LogP contribution in [0.4, 0.5) is 0 Å². The summed E-state index contributed by atoms with van der Waals surface area (Å²) in [5, 5.41) is 0. The van der Waals surface area contributed by atoms with Gasteiger partial charge in [0.2, 0.25) is 5.91 Å². The first-order chi connectivity index (χ1) is 13.7. The van der Waals surface area contributed by atoms with Gasteiger partial charge in [-0.05, 0) is 44.8 Å². The molecule has 3 aliphatic heterocycles. The van der Waals surface area contributed by atoms with Crippen molar-refractivity contribution in [1.82, 2.24) is 19.8 Å². The molecule has 4 rings (SSSR count). The fourth-order valence-electron chi connectivity index (χ4n) is 4.68. The molecule has 1 aromatic heterocycles. The molecule has 28 heavy (non-hydrogen) atoms. The summed E-state index contributed by atoms with van der Waals surface area (Å²) in [6.45, 7) is 4.95. The Morgan fingerprint density at radius 2 is 1.82 bits per heavy atom. The van der Waals surface area contributed by atoms with Gasteiger partial charge < -0.3 is 14.4 Å². The smallest absolute Gasteiger partial charge is 0.316 e. The molecule has 0 radical (unpaired) electrons. The number of ether oxygens (including phenoxy) is 2. The van der Waals surface area contributed by atoms with E-state index in [1.165, 1.54) is 25.7 Å². The topological polar surface area (TPSA) is 67.8 Å². The molecule has 4 heterocycles. The highest BCUT2D eigenvalue weighted by Crippen LogP contribution is 2.36. The Morgan fingerprint density at radius 3 is 2.54 bits per heavy atom. The summed E-state index contributed by atoms with van der Waals surface area (Å²) in [5.41, 5.74) is -0.170. The first kappa shape index (κ1) is 19.6. The van der Waals surface area contributed by atoms with Crippen molar-refractivity contribution in [3.63, 3.8) is 0 Å². The second-order valence-electron chi connectivity index (χ2n) is 8.37. The molecular weight excluding hydrogens is 356 g/mol. The Bertz CT molecular complexity index is 626. The number of hydrogen-bond acceptors (Lipinski definition) is 6. The predicted molar refractivity (Wildman–Crippen MR) is 105 cm³/mol. The third-order valence-corrected chi connectivity index (χ3v) is 6.35. The summed E-state index contributed by atoms with van der Waals surface area (Å²) < 4.78 is 12.2. The molecule has 3 aliphatic rings. The van der Waals surface area contributed by atoms with Gasteiger partial charge >= 0.3 is 6.01 Å². The fraction of sp³-hybridized carbons (Fsp3) is 0.762. The number of carbonyl (C=O) groups excluding carboxylic acids is 1. The lowest BCUT2D eigenvalue weighted by molar-refractivity contribution is -0.152. The average Bonchev–Trinajstić information content (AvgIpc) is 2.98. The van der Waals surface area contributed by atoms with Crippen LogP contribution in [0.25, 0.3) is 0 Å². The van der Waals surface area contributed by atoms with Crippen LogP contribution < -0.4 is 4.74 Å². The Hall–Kier alpha value is -1.73. The minimum Gasteiger partial charge on any atom is -0.460 e. The van der Waals surface area contributed by atoms with Gasteiger partial charge in [0.15, 0.2) is 0 Å². The minimum atomic E-state index is -0.170. The number of rotatable bonds is 4. The van der Waals surface area contributed by atoms with E-state index in [2.05, 4.69) is 14.9 Å². The Labute approximate surface area is 167 Å². The molecule has 1 amide bonds. The molecule has 7 nitrogen and oxygen atoms in total. The fourth-order valence-corrected chi connectivity index (χ4v) is 4.68. The molecule has 7 heteroatoms. The van der Waals surface area contributed by atoms with Crippen LogP contribution in [0.1, 0.15) is 51.4 Å². The highest BCUT2D eigenvalue weighted by atomic mass is 16.5. The zero-order valence-electron chi connectivity index (χ0n) is 16.7. The monoisotopic (exact) mass is 388 g/mol. The summed E-state index contributed by atoms with van der Waals surface area (Å²) in [7, 11) is 0. The van der Waals surface area contributed by atoms with Crippen molar-refractivity contribution < 1.29 is 14.3 Å². The van der Waals surface area contributed by atoms with E-state index in [4.69, 9.17) is 9.47 Å². The van der Waals surface area contributed by atoms with Crippen LogP contribution in [0.3, 0.4) is 0 Å². The number of likely N-dealkylation sites (tertiary alicyclic amines) is 2. The molecule has 0 aromatic carbocycles. The summed E-state index contributed by atoms with van der Waals surface area (Å²) in [6, 6.07) is 2.23. The van der Waals surface area contributed by atoms with Crippen LogP contribution in [0.5, 0.6) is 6.01 Å². The summed E-state index contributed by atoms with van der Waals surface area (Å²) >= 11 is 0. The maximum atomic E-state index is 12.8. The molecule has 0 N–H and O–H groups in total. The molecule has 0 saturated carbocycles. The molecule has 3 saturated heterocycles. The molecule has 1 aromatic rings. The van der Waals surface area contributed by atoms with Gasteiger partial charge in [-0.15, -0.1) is 0 Å². The van der Waals surface area contributed by atoms with Gasteiger partial charge in [-0.3, -0.25) is 9.69 Å². The van der Waals surface area contributed by atoms with Crippen LogP contribution >= 0.6 is 0 Å². The summed E-state index contributed by atoms with van der Waals surface area (Å²) in [5.74, 6) is 0.276.